The van der Waals surface area contributed by atoms with Crippen LogP contribution in [0.3, 0.4) is 0 Å². The summed E-state index contributed by atoms with van der Waals surface area (Å²) >= 11 is 1.20. The van der Waals surface area contributed by atoms with Gasteiger partial charge in [-0.05, 0) is 17.5 Å². The van der Waals surface area contributed by atoms with Crippen molar-refractivity contribution >= 4 is 34.6 Å². The third kappa shape index (κ3) is 3.18. The first kappa shape index (κ1) is 15.4. The molecular formula is C14H17N3O3S. The Morgan fingerprint density at radius 2 is 2.19 bits per heavy atom. The lowest BCUT2D eigenvalue weighted by atomic mass is 10.00. The monoisotopic (exact) mass is 307 g/mol. The molecular weight excluding hydrogens is 290 g/mol. The van der Waals surface area contributed by atoms with E-state index in [4.69, 9.17) is 10.5 Å². The molecule has 0 spiro atoms. The lowest BCUT2D eigenvalue weighted by Gasteiger charge is -2.22. The Hall–Kier alpha value is -2.02. The average Bonchev–Trinajstić information content (AvgIpc) is 2.78. The van der Waals surface area contributed by atoms with Crippen molar-refractivity contribution in [1.29, 1.82) is 0 Å². The number of hydrogen-bond acceptors (Lipinski definition) is 4. The van der Waals surface area contributed by atoms with Gasteiger partial charge in [0.15, 0.2) is 5.17 Å². The van der Waals surface area contributed by atoms with Crippen LogP contribution in [-0.2, 0) is 4.79 Å². The van der Waals surface area contributed by atoms with Crippen LogP contribution in [0, 0.1) is 0 Å². The second kappa shape index (κ2) is 6.17. The summed E-state index contributed by atoms with van der Waals surface area (Å²) in [7, 11) is 1.56. The van der Waals surface area contributed by atoms with Gasteiger partial charge in [0.1, 0.15) is 5.75 Å². The topological polar surface area (TPSA) is 85.0 Å². The van der Waals surface area contributed by atoms with E-state index in [2.05, 4.69) is 4.99 Å². The van der Waals surface area contributed by atoms with Gasteiger partial charge in [-0.15, -0.1) is 0 Å². The number of rotatable bonds is 3. The molecule has 1 fully saturated rings. The molecule has 112 valence electrons. The Bertz CT molecular complexity index is 613. The highest BCUT2D eigenvalue weighted by Gasteiger charge is 2.32. The van der Waals surface area contributed by atoms with Crippen LogP contribution >= 0.6 is 11.8 Å². The van der Waals surface area contributed by atoms with Crippen molar-refractivity contribution in [3.63, 3.8) is 0 Å². The highest BCUT2D eigenvalue weighted by Crippen LogP contribution is 2.35. The van der Waals surface area contributed by atoms with Gasteiger partial charge in [-0.3, -0.25) is 9.69 Å². The molecule has 1 aromatic rings. The molecule has 3 amide bonds. The number of anilines is 1. The molecule has 6 nitrogen and oxygen atoms in total. The van der Waals surface area contributed by atoms with Gasteiger partial charge in [0.05, 0.1) is 18.6 Å². The number of amides is 3. The molecule has 1 saturated heterocycles. The largest absolute Gasteiger partial charge is 0.497 e. The van der Waals surface area contributed by atoms with Crippen LogP contribution in [-0.4, -0.2) is 30.0 Å². The number of methoxy groups -OCH3 is 1. The molecule has 21 heavy (non-hydrogen) atoms. The Morgan fingerprint density at radius 3 is 2.76 bits per heavy atom. The molecule has 0 atom stereocenters. The third-order valence-corrected chi connectivity index (χ3v) is 4.00. The lowest BCUT2D eigenvalue weighted by Crippen LogP contribution is -2.31. The van der Waals surface area contributed by atoms with Crippen molar-refractivity contribution in [2.24, 2.45) is 10.7 Å². The summed E-state index contributed by atoms with van der Waals surface area (Å²) in [6.07, 6.45) is 0. The van der Waals surface area contributed by atoms with E-state index in [1.165, 1.54) is 16.7 Å². The Balaban J connectivity index is 2.56. The van der Waals surface area contributed by atoms with E-state index in [1.54, 1.807) is 13.2 Å². The first-order valence-electron chi connectivity index (χ1n) is 6.46. The summed E-state index contributed by atoms with van der Waals surface area (Å²) in [6, 6.07) is 4.72. The summed E-state index contributed by atoms with van der Waals surface area (Å²) in [5.74, 6) is 0.952. The van der Waals surface area contributed by atoms with Gasteiger partial charge >= 0.3 is 6.03 Å². The maximum Gasteiger partial charge on any atom is 0.340 e. The molecule has 1 heterocycles. The highest BCUT2D eigenvalue weighted by molar-refractivity contribution is 8.15. The second-order valence-electron chi connectivity index (χ2n) is 4.83. The number of aliphatic imine (C=N–C) groups is 1. The Morgan fingerprint density at radius 1 is 1.48 bits per heavy atom. The number of amidine groups is 1. The quantitative estimate of drug-likeness (QED) is 0.928. The highest BCUT2D eigenvalue weighted by atomic mass is 32.2. The zero-order valence-corrected chi connectivity index (χ0v) is 12.9. The van der Waals surface area contributed by atoms with Gasteiger partial charge in [-0.2, -0.15) is 4.99 Å². The fourth-order valence-corrected chi connectivity index (χ4v) is 2.97. The maximum atomic E-state index is 12.2. The summed E-state index contributed by atoms with van der Waals surface area (Å²) in [4.78, 5) is 28.4. The van der Waals surface area contributed by atoms with Gasteiger partial charge in [0, 0.05) is 6.07 Å². The minimum absolute atomic E-state index is 0.129. The fraction of sp³-hybridized carbons (Fsp3) is 0.357. The van der Waals surface area contributed by atoms with E-state index < -0.39 is 6.03 Å². The Labute approximate surface area is 127 Å². The van der Waals surface area contributed by atoms with E-state index in [0.29, 0.717) is 16.6 Å². The van der Waals surface area contributed by atoms with E-state index in [-0.39, 0.29) is 17.6 Å². The van der Waals surface area contributed by atoms with Crippen molar-refractivity contribution in [3.8, 4) is 5.75 Å². The van der Waals surface area contributed by atoms with Crippen LogP contribution in [0.2, 0.25) is 0 Å². The number of nitrogens with zero attached hydrogens (tertiary/aromatic N) is 2. The van der Waals surface area contributed by atoms with Crippen LogP contribution < -0.4 is 15.4 Å². The number of hydrogen-bond donors (Lipinski definition) is 1. The van der Waals surface area contributed by atoms with Gasteiger partial charge in [-0.25, -0.2) is 4.79 Å². The molecule has 1 aliphatic heterocycles. The molecule has 7 heteroatoms. The van der Waals surface area contributed by atoms with E-state index in [9.17, 15) is 9.59 Å². The molecule has 0 saturated carbocycles. The normalized spacial score (nSPS) is 16.9. The number of carbonyl (C=O) groups excluding carboxylic acids is 2. The van der Waals surface area contributed by atoms with Crippen molar-refractivity contribution in [3.05, 3.63) is 23.8 Å². The number of carbonyl (C=O) groups is 2. The smallest absolute Gasteiger partial charge is 0.340 e. The van der Waals surface area contributed by atoms with E-state index >= 15 is 0 Å². The molecule has 0 radical (unpaired) electrons. The van der Waals surface area contributed by atoms with Crippen LogP contribution in [0.25, 0.3) is 0 Å². The number of primary amides is 1. The lowest BCUT2D eigenvalue weighted by molar-refractivity contribution is -0.115. The van der Waals surface area contributed by atoms with Crippen LogP contribution in [0.4, 0.5) is 10.5 Å². The fourth-order valence-electron chi connectivity index (χ4n) is 2.11. The second-order valence-corrected chi connectivity index (χ2v) is 5.77. The SMILES string of the molecule is COc1ccc(C(C)C)c(N2C(=O)CSC2=NC(N)=O)c1. The number of nitrogens with two attached hydrogens (primary N) is 1. The number of urea groups is 1. The van der Waals surface area contributed by atoms with Crippen molar-refractivity contribution in [2.45, 2.75) is 19.8 Å². The third-order valence-electron chi connectivity index (χ3n) is 3.07. The molecule has 2 N–H and O–H groups in total. The minimum Gasteiger partial charge on any atom is -0.497 e. The molecule has 2 rings (SSSR count). The minimum atomic E-state index is -0.814. The zero-order valence-electron chi connectivity index (χ0n) is 12.1. The van der Waals surface area contributed by atoms with Gasteiger partial charge in [0.25, 0.3) is 0 Å². The number of thioether (sulfide) groups is 1. The summed E-state index contributed by atoms with van der Waals surface area (Å²) < 4.78 is 5.22. The van der Waals surface area contributed by atoms with Crippen molar-refractivity contribution in [1.82, 2.24) is 0 Å². The summed E-state index contributed by atoms with van der Waals surface area (Å²) in [5.41, 5.74) is 6.77. The summed E-state index contributed by atoms with van der Waals surface area (Å²) in [6.45, 7) is 4.06. The summed E-state index contributed by atoms with van der Waals surface area (Å²) in [5, 5.41) is 0.308. The predicted molar refractivity (Wildman–Crippen MR) is 84.0 cm³/mol. The van der Waals surface area contributed by atoms with E-state index in [1.807, 2.05) is 26.0 Å². The van der Waals surface area contributed by atoms with Gasteiger partial charge in [-0.1, -0.05) is 31.7 Å². The standard InChI is InChI=1S/C14H17N3O3S/c1-8(2)10-5-4-9(20-3)6-11(10)17-12(18)7-21-14(17)16-13(15)19/h4-6,8H,7H2,1-3H3,(H2,15,19). The molecule has 1 aliphatic rings. The van der Waals surface area contributed by atoms with Gasteiger partial charge < -0.3 is 10.5 Å². The number of benzene rings is 1. The van der Waals surface area contributed by atoms with Crippen LogP contribution in [0.5, 0.6) is 5.75 Å². The predicted octanol–water partition coefficient (Wildman–Crippen LogP) is 2.33. The molecule has 0 bridgehead atoms. The van der Waals surface area contributed by atoms with Crippen LogP contribution in [0.1, 0.15) is 25.3 Å². The molecule has 1 aromatic carbocycles. The molecule has 0 aliphatic carbocycles. The molecule has 0 aromatic heterocycles. The number of ether oxygens (including phenoxy) is 1. The van der Waals surface area contributed by atoms with Crippen molar-refractivity contribution in [2.75, 3.05) is 17.8 Å². The van der Waals surface area contributed by atoms with E-state index in [0.717, 1.165) is 5.56 Å². The maximum absolute atomic E-state index is 12.2. The Kier molecular flexibility index (Phi) is 4.52. The van der Waals surface area contributed by atoms with Gasteiger partial charge in [0.2, 0.25) is 5.91 Å². The first-order chi connectivity index (χ1) is 9.93. The van der Waals surface area contributed by atoms with Crippen LogP contribution in [0.15, 0.2) is 23.2 Å². The molecule has 0 unspecified atom stereocenters. The average molecular weight is 307 g/mol. The zero-order chi connectivity index (χ0) is 15.6. The van der Waals surface area contributed by atoms with Crippen molar-refractivity contribution < 1.29 is 14.3 Å². The first-order valence-corrected chi connectivity index (χ1v) is 7.44.